The van der Waals surface area contributed by atoms with Crippen molar-refractivity contribution < 1.29 is 9.47 Å². The van der Waals surface area contributed by atoms with Crippen molar-refractivity contribution in [1.29, 1.82) is 0 Å². The van der Waals surface area contributed by atoms with E-state index in [-0.39, 0.29) is 0 Å². The van der Waals surface area contributed by atoms with Crippen LogP contribution < -0.4 is 5.73 Å². The van der Waals surface area contributed by atoms with Crippen LogP contribution >= 0.6 is 12.2 Å². The molecule has 5 heteroatoms. The summed E-state index contributed by atoms with van der Waals surface area (Å²) in [4.78, 5) is 3.00. The molecule has 1 atom stereocenters. The monoisotopic (exact) mass is 246 g/mol. The van der Waals surface area contributed by atoms with Gasteiger partial charge in [0.2, 0.25) is 0 Å². The summed E-state index contributed by atoms with van der Waals surface area (Å²) in [7, 11) is 1.68. The van der Waals surface area contributed by atoms with Crippen molar-refractivity contribution in [2.45, 2.75) is 25.3 Å². The maximum Gasteiger partial charge on any atom is 0.0902 e. The molecule has 1 unspecified atom stereocenters. The van der Waals surface area contributed by atoms with Gasteiger partial charge in [0.05, 0.1) is 24.2 Å². The van der Waals surface area contributed by atoms with Crippen LogP contribution in [-0.4, -0.2) is 56.0 Å². The summed E-state index contributed by atoms with van der Waals surface area (Å²) >= 11 is 5.06. The molecule has 4 nitrogen and oxygen atoms in total. The minimum Gasteiger partial charge on any atom is -0.392 e. The average molecular weight is 246 g/mol. The summed E-state index contributed by atoms with van der Waals surface area (Å²) in [6.45, 7) is 4.26. The summed E-state index contributed by atoms with van der Waals surface area (Å²) < 4.78 is 10.3. The molecule has 16 heavy (non-hydrogen) atoms. The van der Waals surface area contributed by atoms with Gasteiger partial charge in [-0.15, -0.1) is 0 Å². The highest BCUT2D eigenvalue weighted by Gasteiger charge is 2.25. The first-order chi connectivity index (χ1) is 7.75. The van der Waals surface area contributed by atoms with E-state index in [1.165, 1.54) is 6.42 Å². The highest BCUT2D eigenvalue weighted by molar-refractivity contribution is 7.80. The smallest absolute Gasteiger partial charge is 0.0902 e. The zero-order valence-corrected chi connectivity index (χ0v) is 10.8. The summed E-state index contributed by atoms with van der Waals surface area (Å²) in [5.74, 6) is 0. The maximum atomic E-state index is 5.70. The second kappa shape index (κ2) is 7.95. The molecule has 1 saturated heterocycles. The molecule has 0 saturated carbocycles. The van der Waals surface area contributed by atoms with Crippen LogP contribution in [0.3, 0.4) is 0 Å². The number of ether oxygens (including phenoxy) is 2. The Morgan fingerprint density at radius 2 is 2.25 bits per heavy atom. The predicted molar refractivity (Wildman–Crippen MR) is 68.7 cm³/mol. The number of hydrogen-bond donors (Lipinski definition) is 1. The molecule has 0 aromatic carbocycles. The Hall–Kier alpha value is -0.230. The second-order valence-corrected chi connectivity index (χ2v) is 4.53. The van der Waals surface area contributed by atoms with E-state index in [1.54, 1.807) is 7.11 Å². The molecule has 1 aliphatic heterocycles. The van der Waals surface area contributed by atoms with Crippen molar-refractivity contribution >= 4 is 17.2 Å². The van der Waals surface area contributed by atoms with Gasteiger partial charge < -0.3 is 15.2 Å². The van der Waals surface area contributed by atoms with E-state index in [1.807, 2.05) is 0 Å². The van der Waals surface area contributed by atoms with Gasteiger partial charge in [0.1, 0.15) is 0 Å². The average Bonchev–Trinajstić information content (AvgIpc) is 2.71. The lowest BCUT2D eigenvalue weighted by atomic mass is 10.2. The van der Waals surface area contributed by atoms with Crippen LogP contribution in [-0.2, 0) is 9.47 Å². The van der Waals surface area contributed by atoms with Crippen LogP contribution in [0.15, 0.2) is 0 Å². The van der Waals surface area contributed by atoms with Gasteiger partial charge in [-0.25, -0.2) is 0 Å². The van der Waals surface area contributed by atoms with Crippen molar-refractivity contribution in [1.82, 2.24) is 4.90 Å². The Morgan fingerprint density at radius 1 is 1.44 bits per heavy atom. The Balaban J connectivity index is 2.05. The van der Waals surface area contributed by atoms with Gasteiger partial charge in [0.15, 0.2) is 0 Å². The highest BCUT2D eigenvalue weighted by atomic mass is 32.1. The first-order valence-electron chi connectivity index (χ1n) is 5.85. The molecule has 1 aliphatic rings. The van der Waals surface area contributed by atoms with E-state index in [0.717, 1.165) is 32.5 Å². The summed E-state index contributed by atoms with van der Waals surface area (Å²) in [6, 6.07) is 0.314. The van der Waals surface area contributed by atoms with E-state index in [4.69, 9.17) is 27.4 Å². The maximum absolute atomic E-state index is 5.70. The highest BCUT2D eigenvalue weighted by Crippen LogP contribution is 2.17. The Morgan fingerprint density at radius 3 is 2.94 bits per heavy atom. The SMILES string of the molecule is COCCOCCCN1CCCC1C(N)=S. The quantitative estimate of drug-likeness (QED) is 0.507. The van der Waals surface area contributed by atoms with Crippen LogP contribution in [0.1, 0.15) is 19.3 Å². The van der Waals surface area contributed by atoms with Crippen molar-refractivity contribution in [2.24, 2.45) is 5.73 Å². The molecule has 0 aromatic heterocycles. The zero-order valence-electron chi connectivity index (χ0n) is 9.98. The van der Waals surface area contributed by atoms with Gasteiger partial charge in [0.25, 0.3) is 0 Å². The minimum atomic E-state index is 0.314. The van der Waals surface area contributed by atoms with E-state index in [0.29, 0.717) is 24.2 Å². The molecule has 94 valence electrons. The standard InChI is InChI=1S/C11H22N2O2S/c1-14-8-9-15-7-3-6-13-5-2-4-10(13)11(12)16/h10H,2-9H2,1H3,(H2,12,16). The largest absolute Gasteiger partial charge is 0.392 e. The van der Waals surface area contributed by atoms with Gasteiger partial charge in [-0.2, -0.15) is 0 Å². The molecule has 0 amide bonds. The Kier molecular flexibility index (Phi) is 6.87. The molecule has 2 N–H and O–H groups in total. The first-order valence-corrected chi connectivity index (χ1v) is 6.26. The fourth-order valence-corrected chi connectivity index (χ4v) is 2.30. The van der Waals surface area contributed by atoms with E-state index in [2.05, 4.69) is 4.90 Å². The van der Waals surface area contributed by atoms with Crippen LogP contribution in [0.25, 0.3) is 0 Å². The number of nitrogens with zero attached hydrogens (tertiary/aromatic N) is 1. The molecule has 1 fully saturated rings. The summed E-state index contributed by atoms with van der Waals surface area (Å²) in [5.41, 5.74) is 5.70. The third-order valence-corrected chi connectivity index (χ3v) is 3.13. The van der Waals surface area contributed by atoms with Crippen molar-refractivity contribution in [3.63, 3.8) is 0 Å². The molecular formula is C11H22N2O2S. The van der Waals surface area contributed by atoms with Gasteiger partial charge in [-0.1, -0.05) is 12.2 Å². The first kappa shape index (κ1) is 13.8. The van der Waals surface area contributed by atoms with E-state index in [9.17, 15) is 0 Å². The molecule has 0 bridgehead atoms. The fraction of sp³-hybridized carbons (Fsp3) is 0.909. The molecule has 1 heterocycles. The molecule has 0 aliphatic carbocycles. The van der Waals surface area contributed by atoms with Crippen molar-refractivity contribution in [2.75, 3.05) is 40.0 Å². The van der Waals surface area contributed by atoms with Crippen LogP contribution in [0, 0.1) is 0 Å². The normalized spacial score (nSPS) is 21.4. The van der Waals surface area contributed by atoms with Gasteiger partial charge >= 0.3 is 0 Å². The molecule has 0 spiro atoms. The topological polar surface area (TPSA) is 47.7 Å². The fourth-order valence-electron chi connectivity index (χ4n) is 2.03. The molecular weight excluding hydrogens is 224 g/mol. The second-order valence-electron chi connectivity index (χ2n) is 4.06. The van der Waals surface area contributed by atoms with Crippen molar-refractivity contribution in [3.8, 4) is 0 Å². The Bertz CT molecular complexity index is 214. The van der Waals surface area contributed by atoms with Crippen molar-refractivity contribution in [3.05, 3.63) is 0 Å². The third kappa shape index (κ3) is 4.74. The molecule has 1 rings (SSSR count). The van der Waals surface area contributed by atoms with Gasteiger partial charge in [-0.05, 0) is 25.8 Å². The molecule has 0 aromatic rings. The zero-order chi connectivity index (χ0) is 11.8. The number of rotatable bonds is 8. The summed E-state index contributed by atoms with van der Waals surface area (Å²) in [6.07, 6.45) is 3.34. The lowest BCUT2D eigenvalue weighted by Crippen LogP contribution is -2.39. The summed E-state index contributed by atoms with van der Waals surface area (Å²) in [5, 5.41) is 0. The number of nitrogens with two attached hydrogens (primary N) is 1. The lowest BCUT2D eigenvalue weighted by Gasteiger charge is -2.23. The number of hydrogen-bond acceptors (Lipinski definition) is 4. The van der Waals surface area contributed by atoms with Crippen LogP contribution in [0.5, 0.6) is 0 Å². The third-order valence-electron chi connectivity index (χ3n) is 2.86. The van der Waals surface area contributed by atoms with Crippen LogP contribution in [0.2, 0.25) is 0 Å². The number of likely N-dealkylation sites (tertiary alicyclic amines) is 1. The predicted octanol–water partition coefficient (Wildman–Crippen LogP) is 0.790. The lowest BCUT2D eigenvalue weighted by molar-refractivity contribution is 0.0656. The van der Waals surface area contributed by atoms with E-state index < -0.39 is 0 Å². The van der Waals surface area contributed by atoms with E-state index >= 15 is 0 Å². The van der Waals surface area contributed by atoms with Crippen LogP contribution in [0.4, 0.5) is 0 Å². The number of methoxy groups -OCH3 is 1. The number of thiocarbonyl (C=S) groups is 1. The molecule has 0 radical (unpaired) electrons. The van der Waals surface area contributed by atoms with Gasteiger partial charge in [-0.3, -0.25) is 4.90 Å². The Labute approximate surface area is 103 Å². The minimum absolute atomic E-state index is 0.314. The van der Waals surface area contributed by atoms with Gasteiger partial charge in [0, 0.05) is 20.3 Å².